The van der Waals surface area contributed by atoms with E-state index in [1.54, 1.807) is 6.92 Å². The summed E-state index contributed by atoms with van der Waals surface area (Å²) >= 11 is 0. The lowest BCUT2D eigenvalue weighted by atomic mass is 9.93. The number of benzene rings is 2. The van der Waals surface area contributed by atoms with E-state index in [2.05, 4.69) is 17.1 Å². The molecule has 5 nitrogen and oxygen atoms in total. The monoisotopic (exact) mass is 367 g/mol. The van der Waals surface area contributed by atoms with Gasteiger partial charge in [0.2, 0.25) is 5.91 Å². The number of hydrogen-bond donors (Lipinski definition) is 2. The normalized spacial score (nSPS) is 16.8. The number of carbonyl (C=O) groups excluding carboxylic acids is 1. The molecule has 2 aromatic rings. The molecule has 1 atom stereocenters. The van der Waals surface area contributed by atoms with Crippen LogP contribution in [0.3, 0.4) is 0 Å². The van der Waals surface area contributed by atoms with E-state index in [-0.39, 0.29) is 5.91 Å². The van der Waals surface area contributed by atoms with E-state index in [0.29, 0.717) is 5.92 Å². The maximum atomic E-state index is 11.1. The predicted molar refractivity (Wildman–Crippen MR) is 110 cm³/mol. The quantitative estimate of drug-likeness (QED) is 0.754. The lowest BCUT2D eigenvalue weighted by molar-refractivity contribution is -0.119. The number of rotatable bonds is 6. The fourth-order valence-electron chi connectivity index (χ4n) is 3.80. The van der Waals surface area contributed by atoms with E-state index in [4.69, 9.17) is 10.5 Å². The maximum Gasteiger partial charge on any atom is 0.216 e. The predicted octanol–water partition coefficient (Wildman–Crippen LogP) is 4.11. The standard InChI is InChI=1S/C22H29N3O2/c1-16-21(27-19-8-4-3-5-9-19)11-10-20(23)22(16)25-14-6-7-18(15-25)12-13-24-17(2)26/h3-5,8-11,18H,6-7,12-15,23H2,1-2H3,(H,24,26)/t18-/m0/s1. The molecule has 1 fully saturated rings. The summed E-state index contributed by atoms with van der Waals surface area (Å²) in [5.41, 5.74) is 9.28. The Labute approximate surface area is 161 Å². The second kappa shape index (κ2) is 8.80. The molecule has 144 valence electrons. The molecule has 0 spiro atoms. The van der Waals surface area contributed by atoms with Crippen LogP contribution in [0.15, 0.2) is 42.5 Å². The Morgan fingerprint density at radius 3 is 2.78 bits per heavy atom. The smallest absolute Gasteiger partial charge is 0.216 e. The number of anilines is 2. The third-order valence-electron chi connectivity index (χ3n) is 5.15. The summed E-state index contributed by atoms with van der Waals surface area (Å²) in [5.74, 6) is 2.26. The summed E-state index contributed by atoms with van der Waals surface area (Å²) in [4.78, 5) is 13.5. The number of para-hydroxylation sites is 1. The van der Waals surface area contributed by atoms with Crippen molar-refractivity contribution in [1.82, 2.24) is 5.32 Å². The van der Waals surface area contributed by atoms with Gasteiger partial charge in [0.05, 0.1) is 11.4 Å². The largest absolute Gasteiger partial charge is 0.457 e. The molecule has 1 heterocycles. The minimum Gasteiger partial charge on any atom is -0.457 e. The summed E-state index contributed by atoms with van der Waals surface area (Å²) in [6.45, 7) is 6.33. The van der Waals surface area contributed by atoms with Crippen LogP contribution in [-0.2, 0) is 4.79 Å². The fraction of sp³-hybridized carbons (Fsp3) is 0.409. The van der Waals surface area contributed by atoms with Gasteiger partial charge in [-0.15, -0.1) is 0 Å². The number of carbonyl (C=O) groups is 1. The molecule has 3 N–H and O–H groups in total. The van der Waals surface area contributed by atoms with E-state index < -0.39 is 0 Å². The molecule has 3 rings (SSSR count). The number of piperidine rings is 1. The molecule has 1 aliphatic heterocycles. The van der Waals surface area contributed by atoms with Crippen molar-refractivity contribution in [2.24, 2.45) is 5.92 Å². The van der Waals surface area contributed by atoms with Gasteiger partial charge in [0.1, 0.15) is 11.5 Å². The van der Waals surface area contributed by atoms with Gasteiger partial charge in [-0.2, -0.15) is 0 Å². The minimum atomic E-state index is 0.0357. The zero-order chi connectivity index (χ0) is 19.2. The number of amides is 1. The maximum absolute atomic E-state index is 11.1. The van der Waals surface area contributed by atoms with Gasteiger partial charge in [0.25, 0.3) is 0 Å². The Hall–Kier alpha value is -2.69. The summed E-state index contributed by atoms with van der Waals surface area (Å²) in [6.07, 6.45) is 3.32. The van der Waals surface area contributed by atoms with Gasteiger partial charge >= 0.3 is 0 Å². The SMILES string of the molecule is CC(=O)NCC[C@@H]1CCCN(c2c(N)ccc(Oc3ccccc3)c2C)C1. The first-order valence-electron chi connectivity index (χ1n) is 9.66. The zero-order valence-electron chi connectivity index (χ0n) is 16.2. The van der Waals surface area contributed by atoms with E-state index >= 15 is 0 Å². The Morgan fingerprint density at radius 1 is 1.26 bits per heavy atom. The van der Waals surface area contributed by atoms with Crippen LogP contribution >= 0.6 is 0 Å². The molecule has 5 heteroatoms. The number of nitrogens with two attached hydrogens (primary N) is 1. The van der Waals surface area contributed by atoms with Gasteiger partial charge in [-0.3, -0.25) is 4.79 Å². The lowest BCUT2D eigenvalue weighted by Crippen LogP contribution is -2.37. The average Bonchev–Trinajstić information content (AvgIpc) is 2.65. The zero-order valence-corrected chi connectivity index (χ0v) is 16.2. The number of nitrogens with one attached hydrogen (secondary N) is 1. The lowest BCUT2D eigenvalue weighted by Gasteiger charge is -2.36. The van der Waals surface area contributed by atoms with E-state index in [1.807, 2.05) is 42.5 Å². The molecule has 27 heavy (non-hydrogen) atoms. The van der Waals surface area contributed by atoms with Crippen molar-refractivity contribution in [1.29, 1.82) is 0 Å². The summed E-state index contributed by atoms with van der Waals surface area (Å²) < 4.78 is 6.08. The third-order valence-corrected chi connectivity index (χ3v) is 5.15. The Balaban J connectivity index is 1.75. The van der Waals surface area contributed by atoms with Gasteiger partial charge in [-0.05, 0) is 56.4 Å². The van der Waals surface area contributed by atoms with Crippen molar-refractivity contribution in [3.63, 3.8) is 0 Å². The first-order valence-corrected chi connectivity index (χ1v) is 9.66. The number of nitrogens with zero attached hydrogens (tertiary/aromatic N) is 1. The molecule has 0 aliphatic carbocycles. The third kappa shape index (κ3) is 4.94. The molecule has 0 radical (unpaired) electrons. The highest BCUT2D eigenvalue weighted by Gasteiger charge is 2.24. The highest BCUT2D eigenvalue weighted by molar-refractivity contribution is 5.75. The van der Waals surface area contributed by atoms with Crippen molar-refractivity contribution < 1.29 is 9.53 Å². The van der Waals surface area contributed by atoms with Crippen LogP contribution in [0.1, 0.15) is 31.7 Å². The van der Waals surface area contributed by atoms with Gasteiger partial charge in [0, 0.05) is 32.1 Å². The number of hydrogen-bond acceptors (Lipinski definition) is 4. The first-order chi connectivity index (χ1) is 13.0. The van der Waals surface area contributed by atoms with Gasteiger partial charge in [-0.1, -0.05) is 18.2 Å². The van der Waals surface area contributed by atoms with Crippen LogP contribution in [0.5, 0.6) is 11.5 Å². The highest BCUT2D eigenvalue weighted by Crippen LogP contribution is 2.38. The Morgan fingerprint density at radius 2 is 2.04 bits per heavy atom. The van der Waals surface area contributed by atoms with Crippen molar-refractivity contribution in [3.8, 4) is 11.5 Å². The molecule has 0 unspecified atom stereocenters. The molecule has 1 saturated heterocycles. The van der Waals surface area contributed by atoms with Crippen LogP contribution in [0, 0.1) is 12.8 Å². The molecule has 1 amide bonds. The topological polar surface area (TPSA) is 67.6 Å². The van der Waals surface area contributed by atoms with Crippen LogP contribution in [-0.4, -0.2) is 25.5 Å². The minimum absolute atomic E-state index is 0.0357. The summed E-state index contributed by atoms with van der Waals surface area (Å²) in [7, 11) is 0. The second-order valence-electron chi connectivity index (χ2n) is 7.27. The molecule has 0 bridgehead atoms. The molecular weight excluding hydrogens is 338 g/mol. The molecule has 0 aromatic heterocycles. The Kier molecular flexibility index (Phi) is 6.22. The van der Waals surface area contributed by atoms with Crippen LogP contribution in [0.25, 0.3) is 0 Å². The van der Waals surface area contributed by atoms with E-state index in [0.717, 1.165) is 60.9 Å². The number of ether oxygens (including phenoxy) is 1. The average molecular weight is 367 g/mol. The molecule has 0 saturated carbocycles. The molecule has 2 aromatic carbocycles. The van der Waals surface area contributed by atoms with Crippen molar-refractivity contribution in [2.45, 2.75) is 33.1 Å². The van der Waals surface area contributed by atoms with Crippen LogP contribution in [0.2, 0.25) is 0 Å². The van der Waals surface area contributed by atoms with E-state index in [1.165, 1.54) is 6.42 Å². The van der Waals surface area contributed by atoms with Gasteiger partial charge < -0.3 is 20.7 Å². The highest BCUT2D eigenvalue weighted by atomic mass is 16.5. The van der Waals surface area contributed by atoms with Crippen molar-refractivity contribution >= 4 is 17.3 Å². The summed E-state index contributed by atoms with van der Waals surface area (Å²) in [6, 6.07) is 13.7. The van der Waals surface area contributed by atoms with E-state index in [9.17, 15) is 4.79 Å². The first kappa shape index (κ1) is 19.1. The van der Waals surface area contributed by atoms with Gasteiger partial charge in [-0.25, -0.2) is 0 Å². The van der Waals surface area contributed by atoms with Crippen LogP contribution in [0.4, 0.5) is 11.4 Å². The van der Waals surface area contributed by atoms with Gasteiger partial charge in [0.15, 0.2) is 0 Å². The fourth-order valence-corrected chi connectivity index (χ4v) is 3.80. The van der Waals surface area contributed by atoms with Crippen molar-refractivity contribution in [2.75, 3.05) is 30.3 Å². The van der Waals surface area contributed by atoms with Crippen molar-refractivity contribution in [3.05, 3.63) is 48.0 Å². The number of nitrogen functional groups attached to an aromatic ring is 1. The molecular formula is C22H29N3O2. The Bertz CT molecular complexity index is 777. The second-order valence-corrected chi connectivity index (χ2v) is 7.27. The summed E-state index contributed by atoms with van der Waals surface area (Å²) in [5, 5.41) is 2.90. The van der Waals surface area contributed by atoms with Crippen LogP contribution < -0.4 is 20.7 Å². The molecule has 1 aliphatic rings.